The average Bonchev–Trinajstić information content (AvgIpc) is 3.16. The zero-order valence-electron chi connectivity index (χ0n) is 15.4. The van der Waals surface area contributed by atoms with Gasteiger partial charge < -0.3 is 10.1 Å². The van der Waals surface area contributed by atoms with Crippen molar-refractivity contribution in [2.45, 2.75) is 39.3 Å². The summed E-state index contributed by atoms with van der Waals surface area (Å²) >= 11 is 0. The molecule has 2 heterocycles. The lowest BCUT2D eigenvalue weighted by Crippen LogP contribution is -2.27. The van der Waals surface area contributed by atoms with E-state index in [1.54, 1.807) is 0 Å². The van der Waals surface area contributed by atoms with E-state index in [0.29, 0.717) is 11.5 Å². The first-order valence-corrected chi connectivity index (χ1v) is 8.86. The predicted molar refractivity (Wildman–Crippen MR) is 97.1 cm³/mol. The zero-order chi connectivity index (χ0) is 18.0. The summed E-state index contributed by atoms with van der Waals surface area (Å²) in [6.45, 7) is 8.04. The van der Waals surface area contributed by atoms with Gasteiger partial charge in [-0.05, 0) is 44.9 Å². The van der Waals surface area contributed by atoms with Crippen LogP contribution in [0.25, 0.3) is 0 Å². The Bertz CT molecular complexity index is 772. The molecule has 0 spiro atoms. The largest absolute Gasteiger partial charge is 0.373 e. The number of benzene rings is 1. The van der Waals surface area contributed by atoms with Crippen molar-refractivity contribution in [2.75, 3.05) is 13.2 Å². The highest BCUT2D eigenvalue weighted by Crippen LogP contribution is 2.37. The highest BCUT2D eigenvalue weighted by Gasteiger charge is 2.33. The molecule has 5 heteroatoms. The Morgan fingerprint density at radius 1 is 1.36 bits per heavy atom. The average molecular weight is 338 g/mol. The summed E-state index contributed by atoms with van der Waals surface area (Å²) < 4.78 is 8.01. The quantitative estimate of drug-likeness (QED) is 0.908. The van der Waals surface area contributed by atoms with E-state index in [1.165, 1.54) is 16.8 Å². The lowest BCUT2D eigenvalue weighted by molar-refractivity contribution is 0.0888. The second-order valence-electron chi connectivity index (χ2n) is 6.91. The van der Waals surface area contributed by atoms with Crippen LogP contribution in [0.15, 0.2) is 24.3 Å². The van der Waals surface area contributed by atoms with Crippen LogP contribution in [0.1, 0.15) is 53.6 Å². The van der Waals surface area contributed by atoms with Gasteiger partial charge in [-0.25, -0.2) is 0 Å². The van der Waals surface area contributed by atoms with Gasteiger partial charge in [0.2, 0.25) is 0 Å². The molecule has 1 aromatic carbocycles. The summed E-state index contributed by atoms with van der Waals surface area (Å²) in [5, 5.41) is 17.1. The van der Waals surface area contributed by atoms with Crippen molar-refractivity contribution in [3.8, 4) is 6.07 Å². The molecule has 5 nitrogen and oxygen atoms in total. The first-order chi connectivity index (χ1) is 12.0. The number of nitriles is 1. The fourth-order valence-corrected chi connectivity index (χ4v) is 3.66. The number of aromatic nitrogens is 2. The maximum Gasteiger partial charge on any atom is 0.0991 e. The van der Waals surface area contributed by atoms with E-state index in [-0.39, 0.29) is 12.1 Å². The number of hydrogen-bond donors (Lipinski definition) is 1. The highest BCUT2D eigenvalue weighted by atomic mass is 16.5. The van der Waals surface area contributed by atoms with Crippen LogP contribution >= 0.6 is 0 Å². The highest BCUT2D eigenvalue weighted by molar-refractivity contribution is 5.33. The second-order valence-corrected chi connectivity index (χ2v) is 6.91. The summed E-state index contributed by atoms with van der Waals surface area (Å²) in [6, 6.07) is 10.2. The molecule has 132 valence electrons. The first-order valence-electron chi connectivity index (χ1n) is 8.86. The molecule has 0 radical (unpaired) electrons. The molecule has 0 bridgehead atoms. The molecule has 0 amide bonds. The molecule has 0 unspecified atom stereocenters. The van der Waals surface area contributed by atoms with E-state index in [4.69, 9.17) is 10.00 Å². The second kappa shape index (κ2) is 7.38. The van der Waals surface area contributed by atoms with Crippen LogP contribution in [-0.2, 0) is 11.8 Å². The number of aryl methyl sites for hydroxylation is 2. The van der Waals surface area contributed by atoms with Crippen LogP contribution in [-0.4, -0.2) is 22.9 Å². The third-order valence-corrected chi connectivity index (χ3v) is 5.29. The molecule has 0 aliphatic carbocycles. The molecule has 1 aliphatic rings. The minimum Gasteiger partial charge on any atom is -0.373 e. The van der Waals surface area contributed by atoms with E-state index >= 15 is 0 Å². The van der Waals surface area contributed by atoms with Crippen molar-refractivity contribution in [1.29, 1.82) is 5.26 Å². The van der Waals surface area contributed by atoms with Gasteiger partial charge in [-0.1, -0.05) is 12.1 Å². The topological polar surface area (TPSA) is 62.9 Å². The van der Waals surface area contributed by atoms with Gasteiger partial charge in [0, 0.05) is 43.4 Å². The number of ether oxygens (including phenoxy) is 1. The fourth-order valence-electron chi connectivity index (χ4n) is 3.66. The summed E-state index contributed by atoms with van der Waals surface area (Å²) in [6.07, 6.45) is 1.18. The molecule has 3 rings (SSSR count). The zero-order valence-corrected chi connectivity index (χ0v) is 15.4. The van der Waals surface area contributed by atoms with Crippen LogP contribution < -0.4 is 5.32 Å². The Balaban J connectivity index is 1.66. The van der Waals surface area contributed by atoms with Crippen molar-refractivity contribution in [1.82, 2.24) is 15.1 Å². The Morgan fingerprint density at radius 2 is 2.08 bits per heavy atom. The smallest absolute Gasteiger partial charge is 0.0991 e. The molecule has 0 saturated carbocycles. The number of nitrogens with zero attached hydrogens (tertiary/aromatic N) is 3. The molecule has 1 saturated heterocycles. The fraction of sp³-hybridized carbons (Fsp3) is 0.500. The van der Waals surface area contributed by atoms with Crippen LogP contribution in [0.3, 0.4) is 0 Å². The Kier molecular flexibility index (Phi) is 5.22. The van der Waals surface area contributed by atoms with Crippen molar-refractivity contribution in [3.63, 3.8) is 0 Å². The lowest BCUT2D eigenvalue weighted by Gasteiger charge is -2.22. The van der Waals surface area contributed by atoms with Crippen LogP contribution in [0.4, 0.5) is 0 Å². The maximum atomic E-state index is 8.91. The molecule has 2 aromatic rings. The minimum absolute atomic E-state index is 0.120. The molecule has 1 N–H and O–H groups in total. The van der Waals surface area contributed by atoms with Crippen LogP contribution in [0.5, 0.6) is 0 Å². The van der Waals surface area contributed by atoms with Crippen molar-refractivity contribution >= 4 is 0 Å². The van der Waals surface area contributed by atoms with Crippen LogP contribution in [0, 0.1) is 31.1 Å². The van der Waals surface area contributed by atoms with Crippen molar-refractivity contribution < 1.29 is 4.74 Å². The summed E-state index contributed by atoms with van der Waals surface area (Å²) in [5.74, 6) is 0.447. The summed E-state index contributed by atoms with van der Waals surface area (Å²) in [4.78, 5) is 0. The van der Waals surface area contributed by atoms with Crippen LogP contribution in [0.2, 0.25) is 0 Å². The monoisotopic (exact) mass is 338 g/mol. The van der Waals surface area contributed by atoms with E-state index in [0.717, 1.165) is 25.3 Å². The van der Waals surface area contributed by atoms with Gasteiger partial charge in [0.1, 0.15) is 0 Å². The molecule has 1 aromatic heterocycles. The van der Waals surface area contributed by atoms with E-state index in [2.05, 4.69) is 37.3 Å². The molecular weight excluding hydrogens is 312 g/mol. The Morgan fingerprint density at radius 3 is 2.68 bits per heavy atom. The van der Waals surface area contributed by atoms with Gasteiger partial charge in [0.05, 0.1) is 23.4 Å². The molecular formula is C20H26N4O. The van der Waals surface area contributed by atoms with Gasteiger partial charge in [-0.2, -0.15) is 10.4 Å². The molecule has 1 fully saturated rings. The van der Waals surface area contributed by atoms with Crippen molar-refractivity contribution in [2.24, 2.45) is 13.0 Å². The van der Waals surface area contributed by atoms with Gasteiger partial charge in [0.15, 0.2) is 0 Å². The normalized spacial score (nSPS) is 21.2. The standard InChI is InChI=1S/C20H26N4O/c1-13(17-7-5-16(11-21)6-8-17)22-12-18-9-10-25-20(18)19-14(2)23-24(4)15(19)3/h5-8,13,18,20,22H,9-10,12H2,1-4H3/t13-,18+,20+/m0/s1. The number of nitrogens with one attached hydrogen (secondary N) is 1. The molecule has 3 atom stereocenters. The van der Waals surface area contributed by atoms with Gasteiger partial charge in [-0.15, -0.1) is 0 Å². The number of rotatable bonds is 5. The summed E-state index contributed by atoms with van der Waals surface area (Å²) in [5.41, 5.74) is 5.40. The van der Waals surface area contributed by atoms with Gasteiger partial charge >= 0.3 is 0 Å². The van der Waals surface area contributed by atoms with Gasteiger partial charge in [0.25, 0.3) is 0 Å². The summed E-state index contributed by atoms with van der Waals surface area (Å²) in [7, 11) is 1.99. The van der Waals surface area contributed by atoms with E-state index in [1.807, 2.05) is 36.0 Å². The van der Waals surface area contributed by atoms with E-state index < -0.39 is 0 Å². The Hall–Kier alpha value is -2.16. The predicted octanol–water partition coefficient (Wildman–Crippen LogP) is 3.34. The van der Waals surface area contributed by atoms with E-state index in [9.17, 15) is 0 Å². The maximum absolute atomic E-state index is 8.91. The van der Waals surface area contributed by atoms with Gasteiger partial charge in [-0.3, -0.25) is 4.68 Å². The number of hydrogen-bond acceptors (Lipinski definition) is 4. The lowest BCUT2D eigenvalue weighted by atomic mass is 9.93. The molecule has 1 aliphatic heterocycles. The third kappa shape index (κ3) is 3.60. The minimum atomic E-state index is 0.120. The van der Waals surface area contributed by atoms with Crippen molar-refractivity contribution in [3.05, 3.63) is 52.3 Å². The first kappa shape index (κ1) is 17.7. The Labute approximate surface area is 149 Å². The molecule has 25 heavy (non-hydrogen) atoms. The third-order valence-electron chi connectivity index (χ3n) is 5.29. The SMILES string of the molecule is Cc1nn(C)c(C)c1[C@@H]1OCC[C@@H]1CN[C@@H](C)c1ccc(C#N)cc1.